The fraction of sp³-hybridized carbons (Fsp3) is 0.750. The molecule has 1 fully saturated rings. The molecule has 1 radical (unpaired) electrons. The molecular formula is C4H9N2. The van der Waals surface area contributed by atoms with Gasteiger partial charge in [-0.2, -0.15) is 0 Å². The summed E-state index contributed by atoms with van der Waals surface area (Å²) in [6.07, 6.45) is 0. The smallest absolute Gasteiger partial charge is 0.0892 e. The van der Waals surface area contributed by atoms with Crippen LogP contribution < -0.4 is 5.32 Å². The zero-order valence-corrected chi connectivity index (χ0v) is 3.94. The molecule has 1 rings (SSSR count). The van der Waals surface area contributed by atoms with Crippen LogP contribution in [-0.4, -0.2) is 25.0 Å². The van der Waals surface area contributed by atoms with Gasteiger partial charge in [-0.15, -0.1) is 0 Å². The lowest BCUT2D eigenvalue weighted by atomic mass is 10.7. The van der Waals surface area contributed by atoms with Crippen molar-refractivity contribution >= 4 is 0 Å². The quantitative estimate of drug-likeness (QED) is 0.432. The van der Waals surface area contributed by atoms with Crippen LogP contribution in [0, 0.1) is 6.67 Å². The van der Waals surface area contributed by atoms with Gasteiger partial charge >= 0.3 is 0 Å². The summed E-state index contributed by atoms with van der Waals surface area (Å²) in [6.45, 7) is 4.25. The van der Waals surface area contributed by atoms with Crippen molar-refractivity contribution in [1.29, 1.82) is 0 Å². The first-order valence-corrected chi connectivity index (χ1v) is 2.16. The van der Waals surface area contributed by atoms with Gasteiger partial charge in [0, 0.05) is 13.1 Å². The zero-order chi connectivity index (χ0) is 4.41. The normalized spacial score (nSPS) is 25.5. The number of nitrogens with one attached hydrogen (secondary N) is 1. The van der Waals surface area contributed by atoms with Crippen LogP contribution in [0.3, 0.4) is 0 Å². The second kappa shape index (κ2) is 1.58. The van der Waals surface area contributed by atoms with E-state index in [1.807, 2.05) is 6.67 Å². The summed E-state index contributed by atoms with van der Waals surface area (Å²) in [4.78, 5) is 2.12. The van der Waals surface area contributed by atoms with Crippen LogP contribution in [0.4, 0.5) is 0 Å². The maximum Gasteiger partial charge on any atom is 0.0892 e. The molecule has 1 heterocycles. The molecule has 0 bridgehead atoms. The molecule has 2 nitrogen and oxygen atoms in total. The monoisotopic (exact) mass is 85.1 g/mol. The molecule has 35 valence electrons. The van der Waals surface area contributed by atoms with E-state index in [1.165, 1.54) is 0 Å². The van der Waals surface area contributed by atoms with E-state index < -0.39 is 0 Å². The summed E-state index contributed by atoms with van der Waals surface area (Å²) < 4.78 is 0. The molecule has 0 saturated carbocycles. The maximum absolute atomic E-state index is 3.07. The summed E-state index contributed by atoms with van der Waals surface area (Å²) in [5.41, 5.74) is 0. The Morgan fingerprint density at radius 3 is 2.83 bits per heavy atom. The first kappa shape index (κ1) is 4.09. The molecule has 1 saturated heterocycles. The third-order valence-corrected chi connectivity index (χ3v) is 0.921. The van der Waals surface area contributed by atoms with E-state index in [2.05, 4.69) is 17.3 Å². The van der Waals surface area contributed by atoms with Gasteiger partial charge in [0.05, 0.1) is 6.67 Å². The number of hydrogen-bond acceptors (Lipinski definition) is 2. The zero-order valence-electron chi connectivity index (χ0n) is 3.94. The van der Waals surface area contributed by atoms with Crippen molar-refractivity contribution in [3.05, 3.63) is 6.67 Å². The Morgan fingerprint density at radius 2 is 2.67 bits per heavy atom. The summed E-state index contributed by atoms with van der Waals surface area (Å²) >= 11 is 0. The molecule has 6 heavy (non-hydrogen) atoms. The van der Waals surface area contributed by atoms with Crippen molar-refractivity contribution in [2.24, 2.45) is 0 Å². The lowest BCUT2D eigenvalue weighted by molar-refractivity contribution is 0.476. The molecule has 0 aliphatic carbocycles. The van der Waals surface area contributed by atoms with Gasteiger partial charge in [-0.25, -0.2) is 0 Å². The fourth-order valence-corrected chi connectivity index (χ4v) is 0.526. The Hall–Kier alpha value is -0.0800. The molecule has 0 aromatic rings. The van der Waals surface area contributed by atoms with Gasteiger partial charge in [0.25, 0.3) is 0 Å². The van der Waals surface area contributed by atoms with Crippen molar-refractivity contribution in [1.82, 2.24) is 10.2 Å². The van der Waals surface area contributed by atoms with E-state index in [0.717, 1.165) is 13.1 Å². The minimum absolute atomic E-state index is 1.11. The van der Waals surface area contributed by atoms with Crippen molar-refractivity contribution in [2.75, 3.05) is 20.1 Å². The lowest BCUT2D eigenvalue weighted by Gasteiger charge is -1.98. The molecule has 1 N–H and O–H groups in total. The Balaban J connectivity index is 2.18. The highest BCUT2D eigenvalue weighted by atomic mass is 15.3. The van der Waals surface area contributed by atoms with Crippen molar-refractivity contribution in [3.8, 4) is 0 Å². The third kappa shape index (κ3) is 0.698. The summed E-state index contributed by atoms with van der Waals surface area (Å²) in [5, 5.41) is 3.07. The second-order valence-electron chi connectivity index (χ2n) is 1.56. The molecule has 0 unspecified atom stereocenters. The van der Waals surface area contributed by atoms with Crippen LogP contribution >= 0.6 is 0 Å². The molecular weight excluding hydrogens is 76.1 g/mol. The van der Waals surface area contributed by atoms with Crippen LogP contribution in [0.1, 0.15) is 0 Å². The van der Waals surface area contributed by atoms with Gasteiger partial charge < -0.3 is 0 Å². The van der Waals surface area contributed by atoms with Gasteiger partial charge in [-0.05, 0) is 7.05 Å². The minimum atomic E-state index is 1.11. The van der Waals surface area contributed by atoms with Crippen molar-refractivity contribution in [2.45, 2.75) is 0 Å². The molecule has 2 heteroatoms. The summed E-state index contributed by atoms with van der Waals surface area (Å²) in [5.74, 6) is 0. The molecule has 1 aliphatic heterocycles. The third-order valence-electron chi connectivity index (χ3n) is 0.921. The predicted octanol–water partition coefficient (Wildman–Crippen LogP) is -0.359. The molecule has 0 atom stereocenters. The molecule has 1 aliphatic rings. The molecule has 0 aromatic heterocycles. The SMILES string of the molecule is CN1[CH]NCC1. The van der Waals surface area contributed by atoms with E-state index >= 15 is 0 Å². The van der Waals surface area contributed by atoms with Gasteiger partial charge in [-0.3, -0.25) is 10.2 Å². The van der Waals surface area contributed by atoms with Crippen LogP contribution in [0.15, 0.2) is 0 Å². The van der Waals surface area contributed by atoms with Gasteiger partial charge in [0.1, 0.15) is 0 Å². The number of rotatable bonds is 0. The fourth-order valence-electron chi connectivity index (χ4n) is 0.526. The summed E-state index contributed by atoms with van der Waals surface area (Å²) in [6, 6.07) is 0. The first-order chi connectivity index (χ1) is 2.89. The predicted molar refractivity (Wildman–Crippen MR) is 24.9 cm³/mol. The Bertz CT molecular complexity index is 38.8. The topological polar surface area (TPSA) is 15.3 Å². The Morgan fingerprint density at radius 1 is 1.83 bits per heavy atom. The number of hydrogen-bond donors (Lipinski definition) is 1. The van der Waals surface area contributed by atoms with Crippen LogP contribution in [0.25, 0.3) is 0 Å². The Labute approximate surface area is 38.1 Å². The average molecular weight is 85.1 g/mol. The van der Waals surface area contributed by atoms with Gasteiger partial charge in [0.2, 0.25) is 0 Å². The van der Waals surface area contributed by atoms with Crippen LogP contribution in [0.5, 0.6) is 0 Å². The van der Waals surface area contributed by atoms with E-state index in [0.29, 0.717) is 0 Å². The highest BCUT2D eigenvalue weighted by molar-refractivity contribution is 4.70. The second-order valence-corrected chi connectivity index (χ2v) is 1.56. The van der Waals surface area contributed by atoms with Crippen LogP contribution in [-0.2, 0) is 0 Å². The molecule has 0 amide bonds. The molecule has 0 aromatic carbocycles. The Kier molecular flexibility index (Phi) is 1.08. The van der Waals surface area contributed by atoms with Gasteiger partial charge in [-0.1, -0.05) is 0 Å². The van der Waals surface area contributed by atoms with Crippen molar-refractivity contribution in [3.63, 3.8) is 0 Å². The van der Waals surface area contributed by atoms with Gasteiger partial charge in [0.15, 0.2) is 0 Å². The largest absolute Gasteiger partial charge is 0.298 e. The van der Waals surface area contributed by atoms with E-state index in [1.54, 1.807) is 0 Å². The standard InChI is InChI=1S/C4H9N2/c1-6-3-2-5-4-6/h4-5H,2-3H2,1H3. The summed E-state index contributed by atoms with van der Waals surface area (Å²) in [7, 11) is 2.06. The first-order valence-electron chi connectivity index (χ1n) is 2.16. The lowest BCUT2D eigenvalue weighted by Crippen LogP contribution is -2.08. The molecule has 0 spiro atoms. The maximum atomic E-state index is 3.07. The average Bonchev–Trinajstić information content (AvgIpc) is 1.86. The van der Waals surface area contributed by atoms with Crippen LogP contribution in [0.2, 0.25) is 0 Å². The minimum Gasteiger partial charge on any atom is -0.298 e. The van der Waals surface area contributed by atoms with E-state index in [-0.39, 0.29) is 0 Å². The number of likely N-dealkylation sites (N-methyl/N-ethyl adjacent to an activating group) is 1. The number of nitrogens with zero attached hydrogens (tertiary/aromatic N) is 1. The highest BCUT2D eigenvalue weighted by Crippen LogP contribution is 1.88. The highest BCUT2D eigenvalue weighted by Gasteiger charge is 2.02. The van der Waals surface area contributed by atoms with E-state index in [9.17, 15) is 0 Å². The van der Waals surface area contributed by atoms with E-state index in [4.69, 9.17) is 0 Å². The van der Waals surface area contributed by atoms with Crippen molar-refractivity contribution < 1.29 is 0 Å².